The van der Waals surface area contributed by atoms with E-state index in [4.69, 9.17) is 9.47 Å². The van der Waals surface area contributed by atoms with Crippen LogP contribution in [-0.2, 0) is 4.74 Å². The predicted molar refractivity (Wildman–Crippen MR) is 108 cm³/mol. The molecule has 0 atom stereocenters. The second-order valence-electron chi connectivity index (χ2n) is 6.51. The molecule has 2 heterocycles. The van der Waals surface area contributed by atoms with Crippen LogP contribution < -0.4 is 19.9 Å². The Morgan fingerprint density at radius 3 is 2.50 bits per heavy atom. The summed E-state index contributed by atoms with van der Waals surface area (Å²) in [6.45, 7) is 4.56. The third-order valence-corrected chi connectivity index (χ3v) is 4.71. The number of nitrogens with zero attached hydrogens (tertiary/aromatic N) is 4. The molecule has 8 nitrogen and oxygen atoms in total. The first kappa shape index (κ1) is 19.9. The van der Waals surface area contributed by atoms with Crippen LogP contribution in [-0.4, -0.2) is 69.4 Å². The van der Waals surface area contributed by atoms with Crippen molar-refractivity contribution in [1.82, 2.24) is 15.3 Å². The van der Waals surface area contributed by atoms with E-state index in [1.165, 1.54) is 6.20 Å². The van der Waals surface area contributed by atoms with Gasteiger partial charge < -0.3 is 24.6 Å². The highest BCUT2D eigenvalue weighted by Crippen LogP contribution is 2.28. The number of nitrogens with one attached hydrogen (secondary N) is 1. The molecule has 0 unspecified atom stereocenters. The first-order valence-electron chi connectivity index (χ1n) is 9.45. The SMILES string of the molecule is COCCCNC(=O)c1cnc(N2CCN(c3ccccc3OC)CC2)cn1. The van der Waals surface area contributed by atoms with E-state index < -0.39 is 0 Å². The Morgan fingerprint density at radius 1 is 1.07 bits per heavy atom. The standard InChI is InChI=1S/C20H27N5O3/c1-27-13-5-8-21-20(26)16-14-23-19(15-22-16)25-11-9-24(10-12-25)17-6-3-4-7-18(17)28-2/h3-4,6-7,14-15H,5,8-13H2,1-2H3,(H,21,26). The predicted octanol–water partition coefficient (Wildman–Crippen LogP) is 1.58. The van der Waals surface area contributed by atoms with Gasteiger partial charge in [-0.15, -0.1) is 0 Å². The topological polar surface area (TPSA) is 79.8 Å². The molecular formula is C20H27N5O3. The summed E-state index contributed by atoms with van der Waals surface area (Å²) in [5.41, 5.74) is 1.44. The lowest BCUT2D eigenvalue weighted by atomic mass is 10.2. The van der Waals surface area contributed by atoms with Crippen LogP contribution in [0.25, 0.3) is 0 Å². The molecule has 28 heavy (non-hydrogen) atoms. The number of amides is 1. The number of aromatic nitrogens is 2. The fourth-order valence-electron chi connectivity index (χ4n) is 3.18. The smallest absolute Gasteiger partial charge is 0.271 e. The lowest BCUT2D eigenvalue weighted by molar-refractivity contribution is 0.0943. The van der Waals surface area contributed by atoms with Crippen molar-refractivity contribution in [2.75, 3.05) is 63.4 Å². The van der Waals surface area contributed by atoms with Gasteiger partial charge in [0.1, 0.15) is 17.3 Å². The number of benzene rings is 1. The minimum Gasteiger partial charge on any atom is -0.495 e. The number of rotatable bonds is 8. The largest absolute Gasteiger partial charge is 0.495 e. The summed E-state index contributed by atoms with van der Waals surface area (Å²) in [7, 11) is 3.34. The number of hydrogen-bond acceptors (Lipinski definition) is 7. The molecule has 1 aromatic heterocycles. The number of hydrogen-bond donors (Lipinski definition) is 1. The number of methoxy groups -OCH3 is 2. The quantitative estimate of drug-likeness (QED) is 0.691. The van der Waals surface area contributed by atoms with Gasteiger partial charge in [-0.2, -0.15) is 0 Å². The number of para-hydroxylation sites is 2. The van der Waals surface area contributed by atoms with Crippen molar-refractivity contribution in [1.29, 1.82) is 0 Å². The van der Waals surface area contributed by atoms with Gasteiger partial charge in [0, 0.05) is 46.4 Å². The average molecular weight is 385 g/mol. The molecule has 150 valence electrons. The normalized spacial score (nSPS) is 14.1. The Kier molecular flexibility index (Phi) is 7.02. The van der Waals surface area contributed by atoms with Crippen molar-refractivity contribution in [3.05, 3.63) is 42.4 Å². The number of ether oxygens (including phenoxy) is 2. The Bertz CT molecular complexity index is 761. The van der Waals surface area contributed by atoms with E-state index in [1.54, 1.807) is 20.4 Å². The molecule has 1 aromatic carbocycles. The van der Waals surface area contributed by atoms with E-state index in [-0.39, 0.29) is 5.91 Å². The van der Waals surface area contributed by atoms with Crippen LogP contribution in [0, 0.1) is 0 Å². The third kappa shape index (κ3) is 4.89. The first-order chi connectivity index (χ1) is 13.7. The minimum atomic E-state index is -0.212. The van der Waals surface area contributed by atoms with Gasteiger partial charge in [0.25, 0.3) is 5.91 Å². The molecule has 2 aromatic rings. The molecule has 0 spiro atoms. The third-order valence-electron chi connectivity index (χ3n) is 4.71. The molecule has 3 rings (SSSR count). The Morgan fingerprint density at radius 2 is 1.82 bits per heavy atom. The van der Waals surface area contributed by atoms with Gasteiger partial charge in [0.15, 0.2) is 0 Å². The lowest BCUT2D eigenvalue weighted by Gasteiger charge is -2.37. The summed E-state index contributed by atoms with van der Waals surface area (Å²) in [6, 6.07) is 8.05. The number of piperazine rings is 1. The Labute approximate surface area is 165 Å². The van der Waals surface area contributed by atoms with Crippen LogP contribution in [0.3, 0.4) is 0 Å². The van der Waals surface area contributed by atoms with Crippen LogP contribution in [0.5, 0.6) is 5.75 Å². The van der Waals surface area contributed by atoms with E-state index in [1.807, 2.05) is 18.2 Å². The number of anilines is 2. The number of carbonyl (C=O) groups is 1. The Balaban J connectivity index is 1.54. The molecule has 1 saturated heterocycles. The van der Waals surface area contributed by atoms with Gasteiger partial charge in [0.05, 0.1) is 25.2 Å². The van der Waals surface area contributed by atoms with Crippen LogP contribution in [0.1, 0.15) is 16.9 Å². The fraction of sp³-hybridized carbons (Fsp3) is 0.450. The minimum absolute atomic E-state index is 0.212. The highest BCUT2D eigenvalue weighted by molar-refractivity contribution is 5.91. The van der Waals surface area contributed by atoms with Gasteiger partial charge in [-0.05, 0) is 18.6 Å². The van der Waals surface area contributed by atoms with Crippen LogP contribution >= 0.6 is 0 Å². The summed E-state index contributed by atoms with van der Waals surface area (Å²) in [6.07, 6.45) is 3.97. The highest BCUT2D eigenvalue weighted by Gasteiger charge is 2.21. The molecular weight excluding hydrogens is 358 g/mol. The molecule has 0 bridgehead atoms. The maximum Gasteiger partial charge on any atom is 0.271 e. The molecule has 1 aliphatic heterocycles. The van der Waals surface area contributed by atoms with Crippen molar-refractivity contribution in [2.45, 2.75) is 6.42 Å². The zero-order valence-corrected chi connectivity index (χ0v) is 16.4. The summed E-state index contributed by atoms with van der Waals surface area (Å²) in [4.78, 5) is 25.3. The van der Waals surface area contributed by atoms with Crippen molar-refractivity contribution in [3.8, 4) is 5.75 Å². The fourth-order valence-corrected chi connectivity index (χ4v) is 3.18. The molecule has 1 fully saturated rings. The van der Waals surface area contributed by atoms with Crippen LogP contribution in [0.15, 0.2) is 36.7 Å². The van der Waals surface area contributed by atoms with E-state index in [9.17, 15) is 4.79 Å². The molecule has 1 amide bonds. The Hall–Kier alpha value is -2.87. The molecule has 1 N–H and O–H groups in total. The summed E-state index contributed by atoms with van der Waals surface area (Å²) in [5.74, 6) is 1.46. The zero-order valence-electron chi connectivity index (χ0n) is 16.4. The molecule has 0 saturated carbocycles. The summed E-state index contributed by atoms with van der Waals surface area (Å²) in [5, 5.41) is 2.81. The van der Waals surface area contributed by atoms with E-state index in [2.05, 4.69) is 31.2 Å². The maximum atomic E-state index is 12.1. The average Bonchev–Trinajstić information content (AvgIpc) is 2.77. The van der Waals surface area contributed by atoms with Gasteiger partial charge in [-0.3, -0.25) is 4.79 Å². The van der Waals surface area contributed by atoms with Crippen molar-refractivity contribution < 1.29 is 14.3 Å². The van der Waals surface area contributed by atoms with E-state index in [0.717, 1.165) is 49.9 Å². The molecule has 0 radical (unpaired) electrons. The van der Waals surface area contributed by atoms with Gasteiger partial charge in [0.2, 0.25) is 0 Å². The van der Waals surface area contributed by atoms with E-state index >= 15 is 0 Å². The van der Waals surface area contributed by atoms with Gasteiger partial charge in [-0.1, -0.05) is 12.1 Å². The maximum absolute atomic E-state index is 12.1. The molecule has 0 aliphatic carbocycles. The summed E-state index contributed by atoms with van der Waals surface area (Å²) < 4.78 is 10.4. The molecule has 1 aliphatic rings. The van der Waals surface area contributed by atoms with Crippen LogP contribution in [0.2, 0.25) is 0 Å². The second-order valence-corrected chi connectivity index (χ2v) is 6.51. The number of carbonyl (C=O) groups excluding carboxylic acids is 1. The second kappa shape index (κ2) is 9.89. The van der Waals surface area contributed by atoms with Gasteiger partial charge >= 0.3 is 0 Å². The first-order valence-corrected chi connectivity index (χ1v) is 9.45. The van der Waals surface area contributed by atoms with Crippen LogP contribution in [0.4, 0.5) is 11.5 Å². The molecule has 8 heteroatoms. The van der Waals surface area contributed by atoms with E-state index in [0.29, 0.717) is 18.8 Å². The van der Waals surface area contributed by atoms with Gasteiger partial charge in [-0.25, -0.2) is 9.97 Å². The monoisotopic (exact) mass is 385 g/mol. The summed E-state index contributed by atoms with van der Waals surface area (Å²) >= 11 is 0. The zero-order chi connectivity index (χ0) is 19.8. The highest BCUT2D eigenvalue weighted by atomic mass is 16.5. The van der Waals surface area contributed by atoms with Crippen molar-refractivity contribution in [3.63, 3.8) is 0 Å². The lowest BCUT2D eigenvalue weighted by Crippen LogP contribution is -2.47. The van der Waals surface area contributed by atoms with Crippen molar-refractivity contribution in [2.24, 2.45) is 0 Å². The van der Waals surface area contributed by atoms with Crippen molar-refractivity contribution >= 4 is 17.4 Å².